The van der Waals surface area contributed by atoms with Crippen molar-refractivity contribution in [3.63, 3.8) is 0 Å². The molecule has 0 aliphatic carbocycles. The molecule has 0 aromatic heterocycles. The number of aliphatic hydroxyl groups excluding tert-OH is 1. The van der Waals surface area contributed by atoms with Crippen LogP contribution in [0.25, 0.3) is 0 Å². The fraction of sp³-hybridized carbons (Fsp3) is 0.250. The molecule has 0 aliphatic heterocycles. The third-order valence-electron chi connectivity index (χ3n) is 3.02. The van der Waals surface area contributed by atoms with E-state index in [2.05, 4.69) is 0 Å². The van der Waals surface area contributed by atoms with Gasteiger partial charge in [-0.3, -0.25) is 0 Å². The predicted molar refractivity (Wildman–Crippen MR) is 72.8 cm³/mol. The second kappa shape index (κ2) is 5.69. The monoisotopic (exact) mass is 242 g/mol. The maximum atomic E-state index is 10.3. The van der Waals surface area contributed by atoms with Crippen LogP contribution in [-0.2, 0) is 6.42 Å². The van der Waals surface area contributed by atoms with Gasteiger partial charge in [0.25, 0.3) is 0 Å². The Labute approximate surface area is 108 Å². The van der Waals surface area contributed by atoms with E-state index in [9.17, 15) is 5.11 Å². The Balaban J connectivity index is 2.23. The molecule has 0 heterocycles. The molecule has 2 rings (SSSR count). The molecular weight excluding hydrogens is 224 g/mol. The molecule has 94 valence electrons. The van der Waals surface area contributed by atoms with Gasteiger partial charge in [-0.15, -0.1) is 0 Å². The SMILES string of the molecule is COc1ccc(C)cc1C(O)Cc1ccccc1. The van der Waals surface area contributed by atoms with Gasteiger partial charge in [0.15, 0.2) is 0 Å². The van der Waals surface area contributed by atoms with Crippen molar-refractivity contribution in [1.29, 1.82) is 0 Å². The summed E-state index contributed by atoms with van der Waals surface area (Å²) >= 11 is 0. The van der Waals surface area contributed by atoms with Gasteiger partial charge in [-0.2, -0.15) is 0 Å². The molecule has 0 saturated carbocycles. The summed E-state index contributed by atoms with van der Waals surface area (Å²) in [7, 11) is 1.63. The Morgan fingerprint density at radius 3 is 2.50 bits per heavy atom. The Morgan fingerprint density at radius 2 is 1.83 bits per heavy atom. The zero-order valence-electron chi connectivity index (χ0n) is 10.8. The van der Waals surface area contributed by atoms with Crippen LogP contribution in [0.3, 0.4) is 0 Å². The smallest absolute Gasteiger partial charge is 0.124 e. The van der Waals surface area contributed by atoms with Gasteiger partial charge >= 0.3 is 0 Å². The van der Waals surface area contributed by atoms with E-state index >= 15 is 0 Å². The molecule has 0 spiro atoms. The molecule has 2 aromatic carbocycles. The maximum absolute atomic E-state index is 10.3. The first-order valence-corrected chi connectivity index (χ1v) is 6.07. The fourth-order valence-electron chi connectivity index (χ4n) is 2.06. The lowest BCUT2D eigenvalue weighted by molar-refractivity contribution is 0.174. The summed E-state index contributed by atoms with van der Waals surface area (Å²) in [5.74, 6) is 0.740. The molecule has 18 heavy (non-hydrogen) atoms. The van der Waals surface area contributed by atoms with Crippen molar-refractivity contribution in [2.24, 2.45) is 0 Å². The average Bonchev–Trinajstić information content (AvgIpc) is 2.40. The largest absolute Gasteiger partial charge is 0.496 e. The summed E-state index contributed by atoms with van der Waals surface area (Å²) in [4.78, 5) is 0. The van der Waals surface area contributed by atoms with Crippen molar-refractivity contribution in [3.8, 4) is 5.75 Å². The van der Waals surface area contributed by atoms with Crippen molar-refractivity contribution < 1.29 is 9.84 Å². The van der Waals surface area contributed by atoms with E-state index in [0.717, 1.165) is 22.4 Å². The van der Waals surface area contributed by atoms with Crippen LogP contribution in [0.1, 0.15) is 22.8 Å². The molecule has 0 fully saturated rings. The zero-order valence-corrected chi connectivity index (χ0v) is 10.8. The molecule has 2 heteroatoms. The third-order valence-corrected chi connectivity index (χ3v) is 3.02. The number of aliphatic hydroxyl groups is 1. The van der Waals surface area contributed by atoms with Crippen LogP contribution in [-0.4, -0.2) is 12.2 Å². The molecule has 0 amide bonds. The average molecular weight is 242 g/mol. The normalized spacial score (nSPS) is 12.2. The van der Waals surface area contributed by atoms with Gasteiger partial charge < -0.3 is 9.84 Å². The summed E-state index contributed by atoms with van der Waals surface area (Å²) in [6.45, 7) is 2.01. The summed E-state index contributed by atoms with van der Waals surface area (Å²) in [6.07, 6.45) is 0.0583. The minimum Gasteiger partial charge on any atom is -0.496 e. The van der Waals surface area contributed by atoms with Crippen LogP contribution < -0.4 is 4.74 Å². The first kappa shape index (κ1) is 12.7. The summed E-state index contributed by atoms with van der Waals surface area (Å²) in [5.41, 5.74) is 3.09. The van der Waals surface area contributed by atoms with Crippen LogP contribution in [0.5, 0.6) is 5.75 Å². The molecule has 2 nitrogen and oxygen atoms in total. The number of ether oxygens (including phenoxy) is 1. The first-order chi connectivity index (χ1) is 8.70. The van der Waals surface area contributed by atoms with Crippen molar-refractivity contribution in [2.45, 2.75) is 19.4 Å². The van der Waals surface area contributed by atoms with Crippen molar-refractivity contribution in [2.75, 3.05) is 7.11 Å². The quantitative estimate of drug-likeness (QED) is 0.891. The van der Waals surface area contributed by atoms with E-state index in [0.29, 0.717) is 6.42 Å². The highest BCUT2D eigenvalue weighted by Gasteiger charge is 2.13. The van der Waals surface area contributed by atoms with Gasteiger partial charge in [0.05, 0.1) is 13.2 Å². The summed E-state index contributed by atoms with van der Waals surface area (Å²) in [6, 6.07) is 15.8. The fourth-order valence-corrected chi connectivity index (χ4v) is 2.06. The molecule has 2 aromatic rings. The van der Waals surface area contributed by atoms with Crippen LogP contribution in [0, 0.1) is 6.92 Å². The minimum absolute atomic E-state index is 0.540. The molecule has 0 aliphatic rings. The van der Waals surface area contributed by atoms with Crippen LogP contribution in [0.4, 0.5) is 0 Å². The Kier molecular flexibility index (Phi) is 4.00. The van der Waals surface area contributed by atoms with E-state index in [1.165, 1.54) is 0 Å². The van der Waals surface area contributed by atoms with Crippen LogP contribution in [0.2, 0.25) is 0 Å². The van der Waals surface area contributed by atoms with Gasteiger partial charge in [-0.1, -0.05) is 42.0 Å². The van der Waals surface area contributed by atoms with Gasteiger partial charge in [0, 0.05) is 12.0 Å². The lowest BCUT2D eigenvalue weighted by Crippen LogP contribution is -2.04. The lowest BCUT2D eigenvalue weighted by atomic mass is 9.99. The highest BCUT2D eigenvalue weighted by Crippen LogP contribution is 2.28. The third kappa shape index (κ3) is 2.90. The Morgan fingerprint density at radius 1 is 1.11 bits per heavy atom. The molecule has 1 unspecified atom stereocenters. The standard InChI is InChI=1S/C16H18O2/c1-12-8-9-16(18-2)14(10-12)15(17)11-13-6-4-3-5-7-13/h3-10,15,17H,11H2,1-2H3. The van der Waals surface area contributed by atoms with Crippen molar-refractivity contribution in [3.05, 3.63) is 65.2 Å². The zero-order chi connectivity index (χ0) is 13.0. The lowest BCUT2D eigenvalue weighted by Gasteiger charge is -2.15. The van der Waals surface area contributed by atoms with Crippen molar-refractivity contribution >= 4 is 0 Å². The maximum Gasteiger partial charge on any atom is 0.124 e. The molecule has 0 bridgehead atoms. The van der Waals surface area contributed by atoms with Crippen LogP contribution in [0.15, 0.2) is 48.5 Å². The summed E-state index contributed by atoms with van der Waals surface area (Å²) < 4.78 is 5.30. The van der Waals surface area contributed by atoms with E-state index in [-0.39, 0.29) is 0 Å². The highest BCUT2D eigenvalue weighted by atomic mass is 16.5. The second-order valence-electron chi connectivity index (χ2n) is 4.45. The van der Waals surface area contributed by atoms with Crippen molar-refractivity contribution in [1.82, 2.24) is 0 Å². The molecule has 0 radical (unpaired) electrons. The number of rotatable bonds is 4. The Bertz CT molecular complexity index is 506. The molecule has 0 saturated heterocycles. The number of hydrogen-bond acceptors (Lipinski definition) is 2. The minimum atomic E-state index is -0.540. The number of benzene rings is 2. The van der Waals surface area contributed by atoms with E-state index < -0.39 is 6.10 Å². The molecule has 1 N–H and O–H groups in total. The van der Waals surface area contributed by atoms with E-state index in [1.54, 1.807) is 7.11 Å². The Hall–Kier alpha value is -1.80. The number of hydrogen-bond donors (Lipinski definition) is 1. The highest BCUT2D eigenvalue weighted by molar-refractivity contribution is 5.39. The van der Waals surface area contributed by atoms with Gasteiger partial charge in [0.2, 0.25) is 0 Å². The van der Waals surface area contributed by atoms with Gasteiger partial charge in [-0.05, 0) is 24.6 Å². The van der Waals surface area contributed by atoms with Gasteiger partial charge in [0.1, 0.15) is 5.75 Å². The van der Waals surface area contributed by atoms with E-state index in [4.69, 9.17) is 4.74 Å². The number of methoxy groups -OCH3 is 1. The number of aryl methyl sites for hydroxylation is 1. The topological polar surface area (TPSA) is 29.5 Å². The summed E-state index contributed by atoms with van der Waals surface area (Å²) in [5, 5.41) is 10.3. The first-order valence-electron chi connectivity index (χ1n) is 6.07. The van der Waals surface area contributed by atoms with Gasteiger partial charge in [-0.25, -0.2) is 0 Å². The second-order valence-corrected chi connectivity index (χ2v) is 4.45. The van der Waals surface area contributed by atoms with E-state index in [1.807, 2.05) is 55.5 Å². The van der Waals surface area contributed by atoms with Crippen LogP contribution >= 0.6 is 0 Å². The molecular formula is C16H18O2. The molecule has 1 atom stereocenters. The predicted octanol–water partition coefficient (Wildman–Crippen LogP) is 3.28.